The molecule has 33 heavy (non-hydrogen) atoms. The number of aryl methyl sites for hydroxylation is 1. The van der Waals surface area contributed by atoms with E-state index in [4.69, 9.17) is 14.7 Å². The third kappa shape index (κ3) is 6.27. The zero-order chi connectivity index (χ0) is 23.0. The Bertz CT molecular complexity index is 973. The number of ether oxygens (including phenoxy) is 2. The van der Waals surface area contributed by atoms with Crippen LogP contribution >= 0.6 is 0 Å². The molecule has 4 heterocycles. The Morgan fingerprint density at radius 2 is 2.03 bits per heavy atom. The van der Waals surface area contributed by atoms with Gasteiger partial charge in [0.15, 0.2) is 5.82 Å². The fourth-order valence-electron chi connectivity index (χ4n) is 4.20. The van der Waals surface area contributed by atoms with Gasteiger partial charge in [-0.2, -0.15) is 10.2 Å². The first-order valence-electron chi connectivity index (χ1n) is 11.6. The van der Waals surface area contributed by atoms with Gasteiger partial charge in [-0.25, -0.2) is 9.97 Å². The Balaban J connectivity index is 1.42. The molecule has 1 N–H and O–H groups in total. The predicted octanol–water partition coefficient (Wildman–Crippen LogP) is 1.65. The molecule has 0 bridgehead atoms. The summed E-state index contributed by atoms with van der Waals surface area (Å²) < 4.78 is 13.2. The number of nitrogens with zero attached hydrogens (tertiary/aromatic N) is 6. The van der Waals surface area contributed by atoms with Crippen LogP contribution in [-0.2, 0) is 11.8 Å². The molecule has 0 spiro atoms. The molecule has 10 nitrogen and oxygen atoms in total. The van der Waals surface area contributed by atoms with Crippen molar-refractivity contribution in [1.82, 2.24) is 29.7 Å². The second-order valence-electron chi connectivity index (χ2n) is 8.76. The number of carbonyl (C=O) groups excluding carboxylic acids is 1. The van der Waals surface area contributed by atoms with Crippen LogP contribution in [0, 0.1) is 23.2 Å². The standard InChI is InChI=1S/C23H31N7O3/c1-29-16-25-14-20(29)22-27-19(12-21(28-22)33-15-18-4-10-32-11-5-18)23(31)26-13-17-2-7-30(8-3-17)9-6-24/h12,14,16-18H,2-5,7-11,13,15H2,1H3,(H,26,31). The maximum absolute atomic E-state index is 13.0. The maximum atomic E-state index is 13.0. The van der Waals surface area contributed by atoms with E-state index in [1.54, 1.807) is 18.6 Å². The van der Waals surface area contributed by atoms with Gasteiger partial charge in [-0.15, -0.1) is 0 Å². The molecule has 2 aliphatic rings. The molecule has 10 heteroatoms. The Morgan fingerprint density at radius 1 is 1.24 bits per heavy atom. The lowest BCUT2D eigenvalue weighted by molar-refractivity contribution is 0.0490. The van der Waals surface area contributed by atoms with Crippen molar-refractivity contribution < 1.29 is 14.3 Å². The zero-order valence-corrected chi connectivity index (χ0v) is 19.1. The minimum absolute atomic E-state index is 0.240. The van der Waals surface area contributed by atoms with Gasteiger partial charge >= 0.3 is 0 Å². The maximum Gasteiger partial charge on any atom is 0.270 e. The van der Waals surface area contributed by atoms with E-state index in [2.05, 4.69) is 31.2 Å². The number of aromatic nitrogens is 4. The predicted molar refractivity (Wildman–Crippen MR) is 120 cm³/mol. The molecular formula is C23H31N7O3. The highest BCUT2D eigenvalue weighted by Crippen LogP contribution is 2.21. The average Bonchev–Trinajstić information content (AvgIpc) is 3.28. The average molecular weight is 454 g/mol. The second kappa shape index (κ2) is 11.2. The van der Waals surface area contributed by atoms with E-state index in [9.17, 15) is 4.79 Å². The van der Waals surface area contributed by atoms with Crippen LogP contribution in [0.15, 0.2) is 18.6 Å². The van der Waals surface area contributed by atoms with Crippen molar-refractivity contribution in [3.63, 3.8) is 0 Å². The summed E-state index contributed by atoms with van der Waals surface area (Å²) in [5, 5.41) is 11.9. The fraction of sp³-hybridized carbons (Fsp3) is 0.609. The van der Waals surface area contributed by atoms with E-state index >= 15 is 0 Å². The van der Waals surface area contributed by atoms with Crippen molar-refractivity contribution in [1.29, 1.82) is 5.26 Å². The van der Waals surface area contributed by atoms with Crippen LogP contribution in [0.2, 0.25) is 0 Å². The van der Waals surface area contributed by atoms with Crippen LogP contribution < -0.4 is 10.1 Å². The molecule has 0 radical (unpaired) electrons. The second-order valence-corrected chi connectivity index (χ2v) is 8.76. The minimum Gasteiger partial charge on any atom is -0.477 e. The van der Waals surface area contributed by atoms with Crippen molar-refractivity contribution in [2.45, 2.75) is 25.7 Å². The minimum atomic E-state index is -0.240. The molecule has 0 saturated carbocycles. The molecule has 0 unspecified atom stereocenters. The van der Waals surface area contributed by atoms with Gasteiger partial charge in [0.05, 0.1) is 31.7 Å². The largest absolute Gasteiger partial charge is 0.477 e. The van der Waals surface area contributed by atoms with Gasteiger partial charge in [0.2, 0.25) is 5.88 Å². The molecule has 2 fully saturated rings. The number of piperidine rings is 1. The lowest BCUT2D eigenvalue weighted by Crippen LogP contribution is -2.39. The third-order valence-corrected chi connectivity index (χ3v) is 6.34. The van der Waals surface area contributed by atoms with Crippen LogP contribution in [0.5, 0.6) is 5.88 Å². The molecule has 0 atom stereocenters. The lowest BCUT2D eigenvalue weighted by Gasteiger charge is -2.30. The Labute approximate surface area is 193 Å². The van der Waals surface area contributed by atoms with Gasteiger partial charge < -0.3 is 19.4 Å². The number of rotatable bonds is 8. The number of hydrogen-bond donors (Lipinski definition) is 1. The molecule has 2 aliphatic heterocycles. The van der Waals surface area contributed by atoms with Crippen molar-refractivity contribution in [3.8, 4) is 23.5 Å². The van der Waals surface area contributed by atoms with Gasteiger partial charge in [-0.3, -0.25) is 9.69 Å². The number of nitrogens with one attached hydrogen (secondary N) is 1. The monoisotopic (exact) mass is 453 g/mol. The Morgan fingerprint density at radius 3 is 2.73 bits per heavy atom. The SMILES string of the molecule is Cn1cncc1-c1nc(OCC2CCOCC2)cc(C(=O)NCC2CCN(CC#N)CC2)n1. The topological polar surface area (TPSA) is 118 Å². The van der Waals surface area contributed by atoms with Crippen molar-refractivity contribution >= 4 is 5.91 Å². The fourth-order valence-corrected chi connectivity index (χ4v) is 4.20. The van der Waals surface area contributed by atoms with Crippen LogP contribution in [0.1, 0.15) is 36.2 Å². The van der Waals surface area contributed by atoms with Gasteiger partial charge in [-0.05, 0) is 50.6 Å². The molecular weight excluding hydrogens is 422 g/mol. The van der Waals surface area contributed by atoms with Crippen LogP contribution in [0.4, 0.5) is 0 Å². The molecule has 2 aromatic heterocycles. The summed E-state index contributed by atoms with van der Waals surface area (Å²) in [4.78, 5) is 28.3. The van der Waals surface area contributed by atoms with Crippen molar-refractivity contribution in [2.24, 2.45) is 18.9 Å². The quantitative estimate of drug-likeness (QED) is 0.600. The van der Waals surface area contributed by atoms with Crippen LogP contribution in [-0.4, -0.2) is 76.3 Å². The Hall–Kier alpha value is -3.03. The van der Waals surface area contributed by atoms with E-state index in [0.717, 1.165) is 52.0 Å². The van der Waals surface area contributed by atoms with Gasteiger partial charge in [0.1, 0.15) is 11.4 Å². The van der Waals surface area contributed by atoms with E-state index in [0.29, 0.717) is 48.9 Å². The molecule has 1 amide bonds. The summed E-state index contributed by atoms with van der Waals surface area (Å²) in [5.74, 6) is 1.37. The van der Waals surface area contributed by atoms with Crippen molar-refractivity contribution in [3.05, 3.63) is 24.3 Å². The zero-order valence-electron chi connectivity index (χ0n) is 19.1. The molecule has 176 valence electrons. The Kier molecular flexibility index (Phi) is 7.86. The lowest BCUT2D eigenvalue weighted by atomic mass is 9.97. The van der Waals surface area contributed by atoms with E-state index in [-0.39, 0.29) is 11.6 Å². The first kappa shape index (κ1) is 23.1. The summed E-state index contributed by atoms with van der Waals surface area (Å²) in [6.07, 6.45) is 7.19. The summed E-state index contributed by atoms with van der Waals surface area (Å²) in [6, 6.07) is 3.81. The smallest absolute Gasteiger partial charge is 0.270 e. The molecule has 0 aliphatic carbocycles. The highest BCUT2D eigenvalue weighted by molar-refractivity contribution is 5.92. The third-order valence-electron chi connectivity index (χ3n) is 6.34. The molecule has 2 aromatic rings. The summed E-state index contributed by atoms with van der Waals surface area (Å²) >= 11 is 0. The molecule has 2 saturated heterocycles. The van der Waals surface area contributed by atoms with E-state index in [1.807, 2.05) is 11.6 Å². The first-order chi connectivity index (χ1) is 16.1. The highest BCUT2D eigenvalue weighted by atomic mass is 16.5. The first-order valence-corrected chi connectivity index (χ1v) is 11.6. The van der Waals surface area contributed by atoms with Crippen molar-refractivity contribution in [2.75, 3.05) is 46.0 Å². The number of nitriles is 1. The number of imidazole rings is 1. The summed E-state index contributed by atoms with van der Waals surface area (Å²) in [6.45, 7) is 4.86. The highest BCUT2D eigenvalue weighted by Gasteiger charge is 2.22. The number of likely N-dealkylation sites (tertiary alicyclic amines) is 1. The number of carbonyl (C=O) groups is 1. The van der Waals surface area contributed by atoms with Gasteiger partial charge in [0, 0.05) is 32.9 Å². The van der Waals surface area contributed by atoms with E-state index < -0.39 is 0 Å². The normalized spacial score (nSPS) is 18.1. The van der Waals surface area contributed by atoms with Crippen LogP contribution in [0.25, 0.3) is 11.5 Å². The van der Waals surface area contributed by atoms with Gasteiger partial charge in [-0.1, -0.05) is 0 Å². The van der Waals surface area contributed by atoms with Gasteiger partial charge in [0.25, 0.3) is 5.91 Å². The number of hydrogen-bond acceptors (Lipinski definition) is 8. The molecule has 0 aromatic carbocycles. The van der Waals surface area contributed by atoms with Crippen LogP contribution in [0.3, 0.4) is 0 Å². The summed E-state index contributed by atoms with van der Waals surface area (Å²) in [7, 11) is 1.86. The van der Waals surface area contributed by atoms with E-state index in [1.165, 1.54) is 0 Å². The summed E-state index contributed by atoms with van der Waals surface area (Å²) in [5.41, 5.74) is 0.996. The number of amides is 1. The molecule has 4 rings (SSSR count).